The molecule has 0 radical (unpaired) electrons. The largest absolute Gasteiger partial charge is 0.490 e. The number of carbonyl (C=O) groups excluding carboxylic acids is 1. The molecule has 0 spiro atoms. The SMILES string of the molecule is NC(=O)OC[C@H]1CCOc2c1ccc(F)c2F. The third-order valence-electron chi connectivity index (χ3n) is 2.66. The van der Waals surface area contributed by atoms with E-state index in [9.17, 15) is 13.6 Å². The predicted octanol–water partition coefficient (Wildman–Crippen LogP) is 1.93. The summed E-state index contributed by atoms with van der Waals surface area (Å²) in [5.74, 6) is -2.29. The molecule has 1 amide bonds. The zero-order chi connectivity index (χ0) is 12.4. The van der Waals surface area contributed by atoms with Gasteiger partial charge in [0.1, 0.15) is 6.61 Å². The van der Waals surface area contributed by atoms with Gasteiger partial charge in [-0.3, -0.25) is 0 Å². The lowest BCUT2D eigenvalue weighted by molar-refractivity contribution is 0.136. The Kier molecular flexibility index (Phi) is 3.12. The van der Waals surface area contributed by atoms with Gasteiger partial charge >= 0.3 is 6.09 Å². The van der Waals surface area contributed by atoms with Crippen LogP contribution in [0.1, 0.15) is 17.9 Å². The first-order chi connectivity index (χ1) is 8.09. The van der Waals surface area contributed by atoms with Gasteiger partial charge in [0.25, 0.3) is 0 Å². The van der Waals surface area contributed by atoms with Crippen molar-refractivity contribution in [1.29, 1.82) is 0 Å². The Balaban J connectivity index is 2.25. The van der Waals surface area contributed by atoms with Crippen LogP contribution in [0.15, 0.2) is 12.1 Å². The summed E-state index contributed by atoms with van der Waals surface area (Å²) in [4.78, 5) is 10.5. The average molecular weight is 243 g/mol. The maximum Gasteiger partial charge on any atom is 0.404 e. The molecule has 2 N–H and O–H groups in total. The summed E-state index contributed by atoms with van der Waals surface area (Å²) < 4.78 is 36.2. The Bertz CT molecular complexity index is 451. The highest BCUT2D eigenvalue weighted by molar-refractivity contribution is 5.64. The second-order valence-electron chi connectivity index (χ2n) is 3.74. The number of hydrogen-bond acceptors (Lipinski definition) is 3. The van der Waals surface area contributed by atoms with E-state index in [1.807, 2.05) is 0 Å². The molecule has 4 nitrogen and oxygen atoms in total. The number of hydrogen-bond donors (Lipinski definition) is 1. The summed E-state index contributed by atoms with van der Waals surface area (Å²) in [5.41, 5.74) is 5.35. The second-order valence-corrected chi connectivity index (χ2v) is 3.74. The number of carbonyl (C=O) groups is 1. The van der Waals surface area contributed by atoms with E-state index in [2.05, 4.69) is 4.74 Å². The highest BCUT2D eigenvalue weighted by atomic mass is 19.2. The van der Waals surface area contributed by atoms with Crippen molar-refractivity contribution < 1.29 is 23.0 Å². The number of ether oxygens (including phenoxy) is 2. The highest BCUT2D eigenvalue weighted by Crippen LogP contribution is 2.36. The molecule has 1 aromatic carbocycles. The molecule has 1 aliphatic rings. The lowest BCUT2D eigenvalue weighted by Gasteiger charge is -2.25. The van der Waals surface area contributed by atoms with E-state index in [4.69, 9.17) is 10.5 Å². The molecule has 1 atom stereocenters. The molecule has 2 rings (SSSR count). The standard InChI is InChI=1S/C11H11F2NO3/c12-8-2-1-7-6(5-17-11(14)15)3-4-16-10(7)9(8)13/h1-2,6H,3-5H2,(H2,14,15)/t6-/m1/s1. The van der Waals surface area contributed by atoms with Gasteiger partial charge in [0.05, 0.1) is 6.61 Å². The number of amides is 1. The van der Waals surface area contributed by atoms with Crippen molar-refractivity contribution >= 4 is 6.09 Å². The molecule has 1 aromatic rings. The van der Waals surface area contributed by atoms with Crippen LogP contribution in [-0.2, 0) is 4.74 Å². The van der Waals surface area contributed by atoms with E-state index in [0.29, 0.717) is 12.0 Å². The average Bonchev–Trinajstić information content (AvgIpc) is 2.31. The Morgan fingerprint density at radius 2 is 2.29 bits per heavy atom. The van der Waals surface area contributed by atoms with Gasteiger partial charge in [0.2, 0.25) is 5.82 Å². The summed E-state index contributed by atoms with van der Waals surface area (Å²) in [6, 6.07) is 2.46. The van der Waals surface area contributed by atoms with Crippen LogP contribution < -0.4 is 10.5 Å². The molecule has 0 saturated carbocycles. The summed E-state index contributed by atoms with van der Waals surface area (Å²) >= 11 is 0. The lowest BCUT2D eigenvalue weighted by atomic mass is 9.93. The molecule has 92 valence electrons. The molecule has 0 aromatic heterocycles. The van der Waals surface area contributed by atoms with Crippen LogP contribution in [0, 0.1) is 11.6 Å². The van der Waals surface area contributed by atoms with E-state index < -0.39 is 17.7 Å². The van der Waals surface area contributed by atoms with Gasteiger partial charge in [0.15, 0.2) is 11.6 Å². The molecular formula is C11H11F2NO3. The van der Waals surface area contributed by atoms with Gasteiger partial charge in [-0.25, -0.2) is 9.18 Å². The van der Waals surface area contributed by atoms with Crippen LogP contribution in [0.25, 0.3) is 0 Å². The smallest absolute Gasteiger partial charge is 0.404 e. The van der Waals surface area contributed by atoms with Crippen LogP contribution >= 0.6 is 0 Å². The third-order valence-corrected chi connectivity index (χ3v) is 2.66. The topological polar surface area (TPSA) is 61.6 Å². The van der Waals surface area contributed by atoms with Crippen molar-refractivity contribution in [3.05, 3.63) is 29.3 Å². The maximum absolute atomic E-state index is 13.4. The number of benzene rings is 1. The molecule has 0 aliphatic carbocycles. The van der Waals surface area contributed by atoms with Gasteiger partial charge in [-0.05, 0) is 12.5 Å². The van der Waals surface area contributed by atoms with Crippen LogP contribution in [0.4, 0.5) is 13.6 Å². The fourth-order valence-corrected chi connectivity index (χ4v) is 1.83. The molecule has 0 fully saturated rings. The Hall–Kier alpha value is -1.85. The zero-order valence-electron chi connectivity index (χ0n) is 8.91. The fourth-order valence-electron chi connectivity index (χ4n) is 1.83. The highest BCUT2D eigenvalue weighted by Gasteiger charge is 2.26. The molecule has 0 saturated heterocycles. The van der Waals surface area contributed by atoms with Crippen LogP contribution in [0.2, 0.25) is 0 Å². The van der Waals surface area contributed by atoms with Gasteiger partial charge in [0, 0.05) is 11.5 Å². The number of fused-ring (bicyclic) bond motifs is 1. The normalized spacial score (nSPS) is 18.1. The summed E-state index contributed by atoms with van der Waals surface area (Å²) in [7, 11) is 0. The Labute approximate surface area is 96.3 Å². The molecule has 0 bridgehead atoms. The van der Waals surface area contributed by atoms with Crippen molar-refractivity contribution in [1.82, 2.24) is 0 Å². The number of halogens is 2. The Morgan fingerprint density at radius 3 is 3.00 bits per heavy atom. The van der Waals surface area contributed by atoms with Crippen molar-refractivity contribution in [2.45, 2.75) is 12.3 Å². The van der Waals surface area contributed by atoms with E-state index in [1.54, 1.807) is 0 Å². The minimum atomic E-state index is -1.01. The molecule has 1 heterocycles. The van der Waals surface area contributed by atoms with Gasteiger partial charge < -0.3 is 15.2 Å². The fraction of sp³-hybridized carbons (Fsp3) is 0.364. The molecule has 1 aliphatic heterocycles. The first-order valence-corrected chi connectivity index (χ1v) is 5.12. The monoisotopic (exact) mass is 243 g/mol. The summed E-state index contributed by atoms with van der Waals surface area (Å²) in [6.07, 6.45) is -0.327. The number of primary amides is 1. The minimum absolute atomic E-state index is 0.0385. The third kappa shape index (κ3) is 2.30. The Morgan fingerprint density at radius 1 is 1.53 bits per heavy atom. The molecule has 17 heavy (non-hydrogen) atoms. The van der Waals surface area contributed by atoms with E-state index in [1.165, 1.54) is 6.07 Å². The predicted molar refractivity (Wildman–Crippen MR) is 54.7 cm³/mol. The maximum atomic E-state index is 13.4. The van der Waals surface area contributed by atoms with Gasteiger partial charge in [-0.1, -0.05) is 6.07 Å². The quantitative estimate of drug-likeness (QED) is 0.863. The minimum Gasteiger partial charge on any atom is -0.490 e. The van der Waals surface area contributed by atoms with E-state index >= 15 is 0 Å². The molecule has 6 heteroatoms. The van der Waals surface area contributed by atoms with Crippen molar-refractivity contribution in [3.63, 3.8) is 0 Å². The van der Waals surface area contributed by atoms with Crippen LogP contribution in [-0.4, -0.2) is 19.3 Å². The van der Waals surface area contributed by atoms with Crippen LogP contribution in [0.3, 0.4) is 0 Å². The van der Waals surface area contributed by atoms with Crippen molar-refractivity contribution in [2.75, 3.05) is 13.2 Å². The molecule has 0 unspecified atom stereocenters. The van der Waals surface area contributed by atoms with Crippen LogP contribution in [0.5, 0.6) is 5.75 Å². The summed E-state index contributed by atoms with van der Waals surface area (Å²) in [6.45, 7) is 0.289. The second kappa shape index (κ2) is 4.57. The van der Waals surface area contributed by atoms with E-state index in [0.717, 1.165) is 6.07 Å². The summed E-state index contributed by atoms with van der Waals surface area (Å²) in [5, 5.41) is 0. The number of nitrogens with two attached hydrogens (primary N) is 1. The lowest BCUT2D eigenvalue weighted by Crippen LogP contribution is -2.23. The molecular weight excluding hydrogens is 232 g/mol. The van der Waals surface area contributed by atoms with Crippen molar-refractivity contribution in [3.8, 4) is 5.75 Å². The van der Waals surface area contributed by atoms with Gasteiger partial charge in [-0.15, -0.1) is 0 Å². The first kappa shape index (κ1) is 11.6. The number of rotatable bonds is 2. The van der Waals surface area contributed by atoms with Crippen molar-refractivity contribution in [2.24, 2.45) is 5.73 Å². The zero-order valence-corrected chi connectivity index (χ0v) is 8.91. The first-order valence-electron chi connectivity index (χ1n) is 5.12. The van der Waals surface area contributed by atoms with Gasteiger partial charge in [-0.2, -0.15) is 4.39 Å². The van der Waals surface area contributed by atoms with E-state index in [-0.39, 0.29) is 24.9 Å².